The highest BCUT2D eigenvalue weighted by Crippen LogP contribution is 2.22. The number of morpholine rings is 1. The molecule has 3 aromatic rings. The first-order valence-corrected chi connectivity index (χ1v) is 10.7. The molecule has 4 rings (SSSR count). The molecule has 1 fully saturated rings. The number of hydrogen-bond donors (Lipinski definition) is 1. The maximum absolute atomic E-state index is 11.3. The van der Waals surface area contributed by atoms with E-state index in [-0.39, 0.29) is 12.6 Å². The summed E-state index contributed by atoms with van der Waals surface area (Å²) in [5.74, 6) is 0.750. The van der Waals surface area contributed by atoms with E-state index in [2.05, 4.69) is 29.7 Å². The van der Waals surface area contributed by atoms with Gasteiger partial charge in [-0.15, -0.1) is 0 Å². The predicted molar refractivity (Wildman–Crippen MR) is 104 cm³/mol. The Morgan fingerprint density at radius 2 is 2.14 bits per heavy atom. The number of imidazole rings is 1. The molecule has 0 unspecified atom stereocenters. The molecule has 1 saturated heterocycles. The molecule has 0 amide bonds. The highest BCUT2D eigenvalue weighted by atomic mass is 32.2. The third-order valence-corrected chi connectivity index (χ3v) is 5.14. The Kier molecular flexibility index (Phi) is 4.96. The van der Waals surface area contributed by atoms with Gasteiger partial charge in [0.25, 0.3) is 0 Å². The van der Waals surface area contributed by atoms with E-state index in [4.69, 9.17) is 4.74 Å². The Bertz CT molecular complexity index is 1100. The molecule has 4 heterocycles. The van der Waals surface area contributed by atoms with Crippen molar-refractivity contribution in [2.45, 2.75) is 13.0 Å². The standard InChI is InChI=1S/C17H21N7O3S/c1-12-3-4-16-18-9-15(24(16)22-12)14-7-17(20-11-19-14)23-5-6-27-13(10-23)8-21-28(2,25)26/h3-4,7,9,11,13,21H,5-6,8,10H2,1-2H3/t13-/m1/s1. The Balaban J connectivity index is 1.57. The second-order valence-electron chi connectivity index (χ2n) is 6.71. The van der Waals surface area contributed by atoms with Crippen LogP contribution in [0.15, 0.2) is 30.7 Å². The van der Waals surface area contributed by atoms with Crippen LogP contribution in [0, 0.1) is 6.92 Å². The molecule has 1 N–H and O–H groups in total. The molecule has 0 aromatic carbocycles. The van der Waals surface area contributed by atoms with Crippen molar-refractivity contribution in [3.63, 3.8) is 0 Å². The predicted octanol–water partition coefficient (Wildman–Crippen LogP) is 0.249. The van der Waals surface area contributed by atoms with Gasteiger partial charge in [-0.3, -0.25) is 0 Å². The minimum absolute atomic E-state index is 0.226. The van der Waals surface area contributed by atoms with Crippen LogP contribution in [0.5, 0.6) is 0 Å². The first kappa shape index (κ1) is 18.7. The van der Waals surface area contributed by atoms with Gasteiger partial charge in [-0.25, -0.2) is 32.6 Å². The number of aryl methyl sites for hydroxylation is 1. The molecule has 28 heavy (non-hydrogen) atoms. The molecule has 0 bridgehead atoms. The summed E-state index contributed by atoms with van der Waals surface area (Å²) in [7, 11) is -3.26. The number of ether oxygens (including phenoxy) is 1. The molecule has 0 spiro atoms. The smallest absolute Gasteiger partial charge is 0.208 e. The third-order valence-electron chi connectivity index (χ3n) is 4.45. The van der Waals surface area contributed by atoms with Crippen molar-refractivity contribution >= 4 is 21.5 Å². The average molecular weight is 403 g/mol. The van der Waals surface area contributed by atoms with E-state index in [9.17, 15) is 8.42 Å². The van der Waals surface area contributed by atoms with Crippen molar-refractivity contribution in [3.8, 4) is 11.4 Å². The van der Waals surface area contributed by atoms with Crippen molar-refractivity contribution in [3.05, 3.63) is 36.4 Å². The summed E-state index contributed by atoms with van der Waals surface area (Å²) >= 11 is 0. The molecular formula is C17H21N7O3S. The summed E-state index contributed by atoms with van der Waals surface area (Å²) in [4.78, 5) is 15.2. The lowest BCUT2D eigenvalue weighted by molar-refractivity contribution is 0.0440. The van der Waals surface area contributed by atoms with Crippen LogP contribution in [0.1, 0.15) is 5.69 Å². The van der Waals surface area contributed by atoms with Gasteiger partial charge >= 0.3 is 0 Å². The number of hydrogen-bond acceptors (Lipinski definition) is 8. The van der Waals surface area contributed by atoms with E-state index in [1.807, 2.05) is 25.1 Å². The fraction of sp³-hybridized carbons (Fsp3) is 0.412. The number of anilines is 1. The Morgan fingerprint density at radius 3 is 2.96 bits per heavy atom. The van der Waals surface area contributed by atoms with Crippen LogP contribution in [-0.4, -0.2) is 71.6 Å². The van der Waals surface area contributed by atoms with Crippen molar-refractivity contribution in [1.29, 1.82) is 0 Å². The lowest BCUT2D eigenvalue weighted by Gasteiger charge is -2.33. The zero-order valence-corrected chi connectivity index (χ0v) is 16.4. The first-order chi connectivity index (χ1) is 13.4. The van der Waals surface area contributed by atoms with Crippen molar-refractivity contribution < 1.29 is 13.2 Å². The summed E-state index contributed by atoms with van der Waals surface area (Å²) < 4.78 is 32.6. The van der Waals surface area contributed by atoms with Gasteiger partial charge in [0.1, 0.15) is 17.8 Å². The lowest BCUT2D eigenvalue weighted by atomic mass is 10.2. The van der Waals surface area contributed by atoms with E-state index in [1.165, 1.54) is 6.33 Å². The van der Waals surface area contributed by atoms with Gasteiger partial charge in [0.2, 0.25) is 10.0 Å². The Morgan fingerprint density at radius 1 is 1.29 bits per heavy atom. The van der Waals surface area contributed by atoms with E-state index >= 15 is 0 Å². The van der Waals surface area contributed by atoms with Crippen molar-refractivity contribution in [1.82, 2.24) is 29.3 Å². The maximum atomic E-state index is 11.3. The largest absolute Gasteiger partial charge is 0.373 e. The minimum Gasteiger partial charge on any atom is -0.373 e. The summed E-state index contributed by atoms with van der Waals surface area (Å²) in [6, 6.07) is 5.71. The van der Waals surface area contributed by atoms with Gasteiger partial charge in [0.05, 0.1) is 36.6 Å². The maximum Gasteiger partial charge on any atom is 0.208 e. The molecular weight excluding hydrogens is 382 g/mol. The van der Waals surface area contributed by atoms with Crippen LogP contribution in [0.3, 0.4) is 0 Å². The van der Waals surface area contributed by atoms with Crippen LogP contribution in [-0.2, 0) is 14.8 Å². The van der Waals surface area contributed by atoms with Crippen LogP contribution in [0.2, 0.25) is 0 Å². The summed E-state index contributed by atoms with van der Waals surface area (Å²) in [6.07, 6.45) is 4.14. The molecule has 1 aliphatic rings. The van der Waals surface area contributed by atoms with Crippen LogP contribution >= 0.6 is 0 Å². The van der Waals surface area contributed by atoms with E-state index < -0.39 is 10.0 Å². The van der Waals surface area contributed by atoms with Gasteiger partial charge in [0.15, 0.2) is 5.65 Å². The number of fused-ring (bicyclic) bond motifs is 1. The normalized spacial score (nSPS) is 17.9. The third kappa shape index (κ3) is 4.11. The average Bonchev–Trinajstić information content (AvgIpc) is 3.09. The summed E-state index contributed by atoms with van der Waals surface area (Å²) in [6.45, 7) is 3.84. The summed E-state index contributed by atoms with van der Waals surface area (Å²) in [5.41, 5.74) is 3.13. The van der Waals surface area contributed by atoms with Gasteiger partial charge in [-0.2, -0.15) is 5.10 Å². The molecule has 0 saturated carbocycles. The minimum atomic E-state index is -3.26. The molecule has 0 radical (unpaired) electrons. The fourth-order valence-corrected chi connectivity index (χ4v) is 3.58. The van der Waals surface area contributed by atoms with Crippen LogP contribution in [0.25, 0.3) is 17.0 Å². The Labute approximate surface area is 162 Å². The SMILES string of the molecule is Cc1ccc2ncc(-c3cc(N4CCO[C@H](CNS(C)(=O)=O)C4)ncn3)n2n1. The Hall–Kier alpha value is -2.63. The van der Waals surface area contributed by atoms with E-state index in [0.29, 0.717) is 25.4 Å². The molecule has 11 heteroatoms. The topological polar surface area (TPSA) is 115 Å². The van der Waals surface area contributed by atoms with Gasteiger partial charge in [-0.1, -0.05) is 0 Å². The zero-order chi connectivity index (χ0) is 19.7. The van der Waals surface area contributed by atoms with Crippen LogP contribution in [0.4, 0.5) is 5.82 Å². The number of nitrogens with zero attached hydrogens (tertiary/aromatic N) is 6. The fourth-order valence-electron chi connectivity index (χ4n) is 3.09. The molecule has 3 aromatic heterocycles. The number of rotatable bonds is 5. The molecule has 1 aliphatic heterocycles. The molecule has 1 atom stereocenters. The van der Waals surface area contributed by atoms with Gasteiger partial charge in [0, 0.05) is 25.7 Å². The second-order valence-corrected chi connectivity index (χ2v) is 8.54. The van der Waals surface area contributed by atoms with E-state index in [1.54, 1.807) is 10.7 Å². The highest BCUT2D eigenvalue weighted by Gasteiger charge is 2.23. The first-order valence-electron chi connectivity index (χ1n) is 8.84. The van der Waals surface area contributed by atoms with Crippen molar-refractivity contribution in [2.24, 2.45) is 0 Å². The van der Waals surface area contributed by atoms with Crippen LogP contribution < -0.4 is 9.62 Å². The second kappa shape index (κ2) is 7.41. The van der Waals surface area contributed by atoms with Gasteiger partial charge in [-0.05, 0) is 19.1 Å². The van der Waals surface area contributed by atoms with Crippen molar-refractivity contribution in [2.75, 3.05) is 37.4 Å². The molecule has 10 nitrogen and oxygen atoms in total. The summed E-state index contributed by atoms with van der Waals surface area (Å²) in [5, 5.41) is 4.51. The quantitative estimate of drug-likeness (QED) is 0.645. The molecule has 148 valence electrons. The number of sulfonamides is 1. The highest BCUT2D eigenvalue weighted by molar-refractivity contribution is 7.88. The van der Waals surface area contributed by atoms with E-state index in [0.717, 1.165) is 29.1 Å². The van der Waals surface area contributed by atoms with Gasteiger partial charge < -0.3 is 9.64 Å². The monoisotopic (exact) mass is 403 g/mol. The number of nitrogens with one attached hydrogen (secondary N) is 1. The number of aromatic nitrogens is 5. The molecule has 0 aliphatic carbocycles. The zero-order valence-electron chi connectivity index (χ0n) is 15.6. The lowest BCUT2D eigenvalue weighted by Crippen LogP contribution is -2.47.